The summed E-state index contributed by atoms with van der Waals surface area (Å²) in [6.07, 6.45) is 2.08. The quantitative estimate of drug-likeness (QED) is 0.908. The molecule has 1 saturated carbocycles. The number of hydrogen-bond donors (Lipinski definition) is 1. The van der Waals surface area contributed by atoms with Crippen LogP contribution in [-0.2, 0) is 15.0 Å². The molecule has 0 unspecified atom stereocenters. The van der Waals surface area contributed by atoms with E-state index in [1.54, 1.807) is 19.2 Å². The van der Waals surface area contributed by atoms with Gasteiger partial charge in [-0.2, -0.15) is 0 Å². The Hall–Kier alpha value is -1.55. The Balaban J connectivity index is 2.01. The molecule has 0 heterocycles. The topological polar surface area (TPSA) is 49.4 Å². The molecular weight excluding hydrogens is 288 g/mol. The molecule has 2 rings (SSSR count). The molecule has 0 aliphatic heterocycles. The molecule has 1 aromatic rings. The Morgan fingerprint density at radius 1 is 1.29 bits per heavy atom. The van der Waals surface area contributed by atoms with E-state index in [9.17, 15) is 9.59 Å². The Bertz CT molecular complexity index is 536. The number of nitrogens with one attached hydrogen (secondary N) is 1. The summed E-state index contributed by atoms with van der Waals surface area (Å²) in [7, 11) is 1.66. The number of halogens is 1. The van der Waals surface area contributed by atoms with Gasteiger partial charge >= 0.3 is 0 Å². The lowest BCUT2D eigenvalue weighted by molar-refractivity contribution is -0.138. The fraction of sp³-hybridized carbons (Fsp3) is 0.500. The van der Waals surface area contributed by atoms with Crippen molar-refractivity contribution in [1.82, 2.24) is 10.2 Å². The molecule has 1 aliphatic rings. The Morgan fingerprint density at radius 3 is 2.38 bits per heavy atom. The van der Waals surface area contributed by atoms with E-state index in [1.165, 1.54) is 4.90 Å². The molecule has 1 N–H and O–H groups in total. The fourth-order valence-electron chi connectivity index (χ4n) is 2.26. The first-order valence-electron chi connectivity index (χ1n) is 7.11. The summed E-state index contributed by atoms with van der Waals surface area (Å²) in [4.78, 5) is 25.9. The molecule has 0 spiro atoms. The molecule has 1 aliphatic carbocycles. The highest BCUT2D eigenvalue weighted by Gasteiger charge is 2.33. The highest BCUT2D eigenvalue weighted by molar-refractivity contribution is 6.30. The second kappa shape index (κ2) is 6.06. The lowest BCUT2D eigenvalue weighted by Crippen LogP contribution is -2.46. The van der Waals surface area contributed by atoms with E-state index in [4.69, 9.17) is 11.6 Å². The van der Waals surface area contributed by atoms with Gasteiger partial charge in [-0.1, -0.05) is 23.7 Å². The molecule has 0 atom stereocenters. The van der Waals surface area contributed by atoms with Crippen molar-refractivity contribution in [1.29, 1.82) is 0 Å². The number of rotatable bonds is 5. The maximum atomic E-state index is 12.6. The first-order chi connectivity index (χ1) is 9.80. The standard InChI is InChI=1S/C16H21ClN2O2/c1-16(2,11-4-6-12(17)7-5-11)15(21)19(3)10-14(20)18-13-8-9-13/h4-7,13H,8-10H2,1-3H3,(H,18,20). The maximum Gasteiger partial charge on any atom is 0.239 e. The minimum absolute atomic E-state index is 0.0873. The zero-order valence-electron chi connectivity index (χ0n) is 12.6. The highest BCUT2D eigenvalue weighted by Crippen LogP contribution is 2.26. The van der Waals surface area contributed by atoms with Gasteiger partial charge in [-0.3, -0.25) is 9.59 Å². The summed E-state index contributed by atoms with van der Waals surface area (Å²) in [6, 6.07) is 7.54. The number of likely N-dealkylation sites (N-methyl/N-ethyl adjacent to an activating group) is 1. The van der Waals surface area contributed by atoms with Crippen LogP contribution in [0.4, 0.5) is 0 Å². The zero-order valence-corrected chi connectivity index (χ0v) is 13.4. The van der Waals surface area contributed by atoms with Crippen LogP contribution >= 0.6 is 11.6 Å². The second-order valence-electron chi connectivity index (χ2n) is 6.13. The number of benzene rings is 1. The molecule has 0 saturated heterocycles. The van der Waals surface area contributed by atoms with Gasteiger partial charge in [-0.25, -0.2) is 0 Å². The van der Waals surface area contributed by atoms with Crippen LogP contribution in [0.15, 0.2) is 24.3 Å². The van der Waals surface area contributed by atoms with Crippen molar-refractivity contribution in [2.75, 3.05) is 13.6 Å². The van der Waals surface area contributed by atoms with Crippen LogP contribution in [0.2, 0.25) is 5.02 Å². The van der Waals surface area contributed by atoms with E-state index in [-0.39, 0.29) is 18.4 Å². The van der Waals surface area contributed by atoms with Crippen LogP contribution in [0.5, 0.6) is 0 Å². The normalized spacial score (nSPS) is 14.7. The third-order valence-electron chi connectivity index (χ3n) is 3.77. The van der Waals surface area contributed by atoms with Gasteiger partial charge in [0.1, 0.15) is 0 Å². The molecule has 5 heteroatoms. The smallest absolute Gasteiger partial charge is 0.239 e. The predicted octanol–water partition coefficient (Wildman–Crippen LogP) is 2.35. The van der Waals surface area contributed by atoms with Gasteiger partial charge in [0, 0.05) is 18.1 Å². The van der Waals surface area contributed by atoms with E-state index in [0.717, 1.165) is 18.4 Å². The van der Waals surface area contributed by atoms with Crippen LogP contribution in [0.1, 0.15) is 32.3 Å². The van der Waals surface area contributed by atoms with Crippen LogP contribution in [0.3, 0.4) is 0 Å². The van der Waals surface area contributed by atoms with Gasteiger partial charge in [0.15, 0.2) is 0 Å². The lowest BCUT2D eigenvalue weighted by atomic mass is 9.83. The van der Waals surface area contributed by atoms with Gasteiger partial charge in [-0.15, -0.1) is 0 Å². The Morgan fingerprint density at radius 2 is 1.86 bits per heavy atom. The van der Waals surface area contributed by atoms with Gasteiger partial charge < -0.3 is 10.2 Å². The molecule has 21 heavy (non-hydrogen) atoms. The minimum atomic E-state index is -0.695. The van der Waals surface area contributed by atoms with E-state index in [2.05, 4.69) is 5.32 Å². The molecule has 0 radical (unpaired) electrons. The van der Waals surface area contributed by atoms with Crippen molar-refractivity contribution in [2.45, 2.75) is 38.1 Å². The van der Waals surface area contributed by atoms with Crippen molar-refractivity contribution in [3.8, 4) is 0 Å². The Labute approximate surface area is 130 Å². The molecule has 2 amide bonds. The Kier molecular flexibility index (Phi) is 4.57. The van der Waals surface area contributed by atoms with Gasteiger partial charge in [-0.05, 0) is 44.4 Å². The van der Waals surface area contributed by atoms with Gasteiger partial charge in [0.2, 0.25) is 11.8 Å². The molecule has 1 aromatic carbocycles. The van der Waals surface area contributed by atoms with Crippen LogP contribution in [0, 0.1) is 0 Å². The van der Waals surface area contributed by atoms with Crippen molar-refractivity contribution in [3.05, 3.63) is 34.9 Å². The molecule has 4 nitrogen and oxygen atoms in total. The number of carbonyl (C=O) groups is 2. The van der Waals surface area contributed by atoms with E-state index in [0.29, 0.717) is 11.1 Å². The van der Waals surface area contributed by atoms with Crippen molar-refractivity contribution in [3.63, 3.8) is 0 Å². The van der Waals surface area contributed by atoms with E-state index < -0.39 is 5.41 Å². The zero-order chi connectivity index (χ0) is 15.6. The minimum Gasteiger partial charge on any atom is -0.352 e. The average Bonchev–Trinajstić information content (AvgIpc) is 3.21. The summed E-state index contributed by atoms with van der Waals surface area (Å²) in [5.41, 5.74) is 0.186. The first-order valence-corrected chi connectivity index (χ1v) is 7.49. The average molecular weight is 309 g/mol. The van der Waals surface area contributed by atoms with Crippen molar-refractivity contribution < 1.29 is 9.59 Å². The van der Waals surface area contributed by atoms with E-state index >= 15 is 0 Å². The van der Waals surface area contributed by atoms with Gasteiger partial charge in [0.25, 0.3) is 0 Å². The summed E-state index contributed by atoms with van der Waals surface area (Å²) >= 11 is 5.88. The summed E-state index contributed by atoms with van der Waals surface area (Å²) in [5.74, 6) is -0.184. The number of amides is 2. The second-order valence-corrected chi connectivity index (χ2v) is 6.57. The lowest BCUT2D eigenvalue weighted by Gasteiger charge is -2.29. The fourth-order valence-corrected chi connectivity index (χ4v) is 2.38. The van der Waals surface area contributed by atoms with E-state index in [1.807, 2.05) is 26.0 Å². The highest BCUT2D eigenvalue weighted by atomic mass is 35.5. The van der Waals surface area contributed by atoms with Crippen LogP contribution in [0.25, 0.3) is 0 Å². The maximum absolute atomic E-state index is 12.6. The van der Waals surface area contributed by atoms with Crippen molar-refractivity contribution in [2.24, 2.45) is 0 Å². The van der Waals surface area contributed by atoms with Crippen LogP contribution in [-0.4, -0.2) is 36.3 Å². The number of nitrogens with zero attached hydrogens (tertiary/aromatic N) is 1. The monoisotopic (exact) mass is 308 g/mol. The van der Waals surface area contributed by atoms with Gasteiger partial charge in [0.05, 0.1) is 12.0 Å². The van der Waals surface area contributed by atoms with Crippen molar-refractivity contribution >= 4 is 23.4 Å². The SMILES string of the molecule is CN(CC(=O)NC1CC1)C(=O)C(C)(C)c1ccc(Cl)cc1. The molecular formula is C16H21ClN2O2. The summed E-state index contributed by atoms with van der Waals surface area (Å²) in [6.45, 7) is 3.80. The third-order valence-corrected chi connectivity index (χ3v) is 4.02. The number of hydrogen-bond acceptors (Lipinski definition) is 2. The molecule has 1 fully saturated rings. The third kappa shape index (κ3) is 3.97. The largest absolute Gasteiger partial charge is 0.352 e. The molecule has 0 aromatic heterocycles. The predicted molar refractivity (Wildman–Crippen MR) is 83.3 cm³/mol. The van der Waals surface area contributed by atoms with Crippen LogP contribution < -0.4 is 5.32 Å². The molecule has 114 valence electrons. The molecule has 0 bridgehead atoms. The number of carbonyl (C=O) groups excluding carboxylic acids is 2. The summed E-state index contributed by atoms with van der Waals surface area (Å²) in [5, 5.41) is 3.53. The first kappa shape index (κ1) is 15.8. The summed E-state index contributed by atoms with van der Waals surface area (Å²) < 4.78 is 0.